The lowest BCUT2D eigenvalue weighted by molar-refractivity contribution is 0.269. The molecule has 0 bridgehead atoms. The molecule has 1 heterocycles. The Hall–Kier alpha value is -0.870. The molecule has 0 aromatic carbocycles. The lowest BCUT2D eigenvalue weighted by Gasteiger charge is -2.16. The third-order valence-electron chi connectivity index (χ3n) is 3.04. The predicted octanol–water partition coefficient (Wildman–Crippen LogP) is 0.472. The average molecular weight is 209 g/mol. The van der Waals surface area contributed by atoms with Crippen LogP contribution in [0.3, 0.4) is 0 Å². The van der Waals surface area contributed by atoms with Gasteiger partial charge in [0.05, 0.1) is 12.0 Å². The monoisotopic (exact) mass is 209 g/mol. The molecule has 0 amide bonds. The molecule has 4 nitrogen and oxygen atoms in total. The van der Waals surface area contributed by atoms with Gasteiger partial charge in [-0.15, -0.1) is 0 Å². The van der Waals surface area contributed by atoms with Gasteiger partial charge in [0.1, 0.15) is 0 Å². The van der Waals surface area contributed by atoms with E-state index in [1.54, 1.807) is 0 Å². The van der Waals surface area contributed by atoms with Crippen molar-refractivity contribution in [3.05, 3.63) is 17.7 Å². The lowest BCUT2D eigenvalue weighted by atomic mass is 10.0. The van der Waals surface area contributed by atoms with Gasteiger partial charge in [0.15, 0.2) is 0 Å². The van der Waals surface area contributed by atoms with Gasteiger partial charge in [0.2, 0.25) is 0 Å². The summed E-state index contributed by atoms with van der Waals surface area (Å²) in [7, 11) is 0. The summed E-state index contributed by atoms with van der Waals surface area (Å²) in [6.07, 6.45) is 7.31. The molecular formula is C11H19N3O. The summed E-state index contributed by atoms with van der Waals surface area (Å²) in [5.74, 6) is 0. The summed E-state index contributed by atoms with van der Waals surface area (Å²) in [5, 5.41) is 8.80. The molecule has 1 aromatic heterocycles. The van der Waals surface area contributed by atoms with Gasteiger partial charge in [-0.25, -0.2) is 4.98 Å². The average Bonchev–Trinajstić information content (AvgIpc) is 2.62. The minimum atomic E-state index is 0.0372. The Morgan fingerprint density at radius 3 is 3.07 bits per heavy atom. The van der Waals surface area contributed by atoms with Crippen molar-refractivity contribution in [3.8, 4) is 0 Å². The maximum atomic E-state index is 8.80. The Labute approximate surface area is 90.1 Å². The molecule has 1 aliphatic carbocycles. The zero-order valence-corrected chi connectivity index (χ0v) is 9.02. The van der Waals surface area contributed by atoms with E-state index in [1.165, 1.54) is 24.2 Å². The Morgan fingerprint density at radius 2 is 2.27 bits per heavy atom. The van der Waals surface area contributed by atoms with E-state index in [2.05, 4.69) is 9.55 Å². The Kier molecular flexibility index (Phi) is 3.38. The third kappa shape index (κ3) is 2.38. The Morgan fingerprint density at radius 1 is 1.47 bits per heavy atom. The van der Waals surface area contributed by atoms with Gasteiger partial charge in [-0.3, -0.25) is 0 Å². The van der Waals surface area contributed by atoms with Gasteiger partial charge in [0, 0.05) is 24.9 Å². The fourth-order valence-electron chi connectivity index (χ4n) is 2.20. The van der Waals surface area contributed by atoms with Crippen LogP contribution in [0.5, 0.6) is 0 Å². The van der Waals surface area contributed by atoms with Gasteiger partial charge < -0.3 is 15.4 Å². The maximum Gasteiger partial charge on any atom is 0.0952 e. The normalized spacial score (nSPS) is 17.5. The summed E-state index contributed by atoms with van der Waals surface area (Å²) in [4.78, 5) is 4.41. The van der Waals surface area contributed by atoms with Crippen molar-refractivity contribution < 1.29 is 5.11 Å². The molecule has 1 atom stereocenters. The Balaban J connectivity index is 2.05. The standard InChI is InChI=1S/C11H19N3O/c12-9(5-6-15)7-14-8-13-10-3-1-2-4-11(10)14/h8-9,15H,1-7,12H2. The number of hydrogen-bond donors (Lipinski definition) is 2. The quantitative estimate of drug-likeness (QED) is 0.757. The second kappa shape index (κ2) is 4.77. The number of nitrogens with two attached hydrogens (primary N) is 1. The minimum absolute atomic E-state index is 0.0372. The van der Waals surface area contributed by atoms with Crippen molar-refractivity contribution in [3.63, 3.8) is 0 Å². The van der Waals surface area contributed by atoms with E-state index in [9.17, 15) is 0 Å². The molecule has 84 valence electrons. The van der Waals surface area contributed by atoms with Gasteiger partial charge in [-0.05, 0) is 32.1 Å². The number of aromatic nitrogens is 2. The van der Waals surface area contributed by atoms with Crippen molar-refractivity contribution >= 4 is 0 Å². The molecule has 3 N–H and O–H groups in total. The summed E-state index contributed by atoms with van der Waals surface area (Å²) in [6.45, 7) is 0.945. The highest BCUT2D eigenvalue weighted by molar-refractivity contribution is 5.16. The molecule has 1 aliphatic rings. The highest BCUT2D eigenvalue weighted by atomic mass is 16.3. The minimum Gasteiger partial charge on any atom is -0.396 e. The number of fused-ring (bicyclic) bond motifs is 1. The van der Waals surface area contributed by atoms with Crippen LogP contribution in [0, 0.1) is 0 Å². The van der Waals surface area contributed by atoms with E-state index in [0.717, 1.165) is 19.4 Å². The number of imidazole rings is 1. The van der Waals surface area contributed by atoms with Crippen molar-refractivity contribution in [1.29, 1.82) is 0 Å². The third-order valence-corrected chi connectivity index (χ3v) is 3.04. The fourth-order valence-corrected chi connectivity index (χ4v) is 2.20. The fraction of sp³-hybridized carbons (Fsp3) is 0.727. The van der Waals surface area contributed by atoms with E-state index < -0.39 is 0 Å². The molecule has 0 radical (unpaired) electrons. The Bertz CT molecular complexity index is 322. The van der Waals surface area contributed by atoms with Crippen LogP contribution in [-0.4, -0.2) is 27.3 Å². The second-order valence-corrected chi connectivity index (χ2v) is 4.27. The summed E-state index contributed by atoms with van der Waals surface area (Å²) < 4.78 is 2.16. The molecule has 1 unspecified atom stereocenters. The molecule has 1 aromatic rings. The SMILES string of the molecule is NC(CCO)Cn1cnc2c1CCCC2. The van der Waals surface area contributed by atoms with Gasteiger partial charge >= 0.3 is 0 Å². The van der Waals surface area contributed by atoms with E-state index >= 15 is 0 Å². The highest BCUT2D eigenvalue weighted by Gasteiger charge is 2.16. The van der Waals surface area contributed by atoms with Crippen LogP contribution in [0.1, 0.15) is 30.7 Å². The molecular weight excluding hydrogens is 190 g/mol. The first kappa shape index (κ1) is 10.6. The van der Waals surface area contributed by atoms with Crippen LogP contribution < -0.4 is 5.73 Å². The van der Waals surface area contributed by atoms with Crippen molar-refractivity contribution in [1.82, 2.24) is 9.55 Å². The van der Waals surface area contributed by atoms with Crippen LogP contribution >= 0.6 is 0 Å². The van der Waals surface area contributed by atoms with Crippen LogP contribution in [-0.2, 0) is 19.4 Å². The molecule has 4 heteroatoms. The van der Waals surface area contributed by atoms with Gasteiger partial charge in [-0.2, -0.15) is 0 Å². The van der Waals surface area contributed by atoms with Crippen molar-refractivity contribution in [2.75, 3.05) is 6.61 Å². The smallest absolute Gasteiger partial charge is 0.0952 e. The van der Waals surface area contributed by atoms with Gasteiger partial charge in [0.25, 0.3) is 0 Å². The van der Waals surface area contributed by atoms with Crippen LogP contribution in [0.15, 0.2) is 6.33 Å². The van der Waals surface area contributed by atoms with Crippen LogP contribution in [0.2, 0.25) is 0 Å². The van der Waals surface area contributed by atoms with Crippen LogP contribution in [0.4, 0.5) is 0 Å². The molecule has 15 heavy (non-hydrogen) atoms. The number of nitrogens with zero attached hydrogens (tertiary/aromatic N) is 2. The van der Waals surface area contributed by atoms with E-state index in [4.69, 9.17) is 10.8 Å². The van der Waals surface area contributed by atoms with Crippen LogP contribution in [0.25, 0.3) is 0 Å². The topological polar surface area (TPSA) is 64.1 Å². The summed E-state index contributed by atoms with van der Waals surface area (Å²) >= 11 is 0. The summed E-state index contributed by atoms with van der Waals surface area (Å²) in [6, 6.07) is 0.0372. The van der Waals surface area contributed by atoms with E-state index in [1.807, 2.05) is 6.33 Å². The number of aliphatic hydroxyl groups excluding tert-OH is 1. The van der Waals surface area contributed by atoms with E-state index in [-0.39, 0.29) is 12.6 Å². The number of aryl methyl sites for hydroxylation is 1. The number of hydrogen-bond acceptors (Lipinski definition) is 3. The first-order valence-electron chi connectivity index (χ1n) is 5.70. The molecule has 0 spiro atoms. The van der Waals surface area contributed by atoms with E-state index in [0.29, 0.717) is 6.42 Å². The highest BCUT2D eigenvalue weighted by Crippen LogP contribution is 2.19. The number of aliphatic hydroxyl groups is 1. The first-order chi connectivity index (χ1) is 7.31. The zero-order chi connectivity index (χ0) is 10.7. The lowest BCUT2D eigenvalue weighted by Crippen LogP contribution is -2.28. The van der Waals surface area contributed by atoms with Crippen molar-refractivity contribution in [2.45, 2.75) is 44.7 Å². The number of rotatable bonds is 4. The predicted molar refractivity (Wildman–Crippen MR) is 58.5 cm³/mol. The second-order valence-electron chi connectivity index (χ2n) is 4.27. The largest absolute Gasteiger partial charge is 0.396 e. The maximum absolute atomic E-state index is 8.80. The van der Waals surface area contributed by atoms with Gasteiger partial charge in [-0.1, -0.05) is 0 Å². The zero-order valence-electron chi connectivity index (χ0n) is 9.02. The summed E-state index contributed by atoms with van der Waals surface area (Å²) in [5.41, 5.74) is 8.50. The molecule has 0 aliphatic heterocycles. The molecule has 0 fully saturated rings. The van der Waals surface area contributed by atoms with Crippen molar-refractivity contribution in [2.24, 2.45) is 5.73 Å². The molecule has 2 rings (SSSR count). The first-order valence-corrected chi connectivity index (χ1v) is 5.70. The molecule has 0 saturated heterocycles. The molecule has 0 saturated carbocycles.